The summed E-state index contributed by atoms with van der Waals surface area (Å²) in [6.45, 7) is 0.268. The van der Waals surface area contributed by atoms with Crippen molar-refractivity contribution < 1.29 is 9.84 Å². The molecule has 0 radical (unpaired) electrons. The molecule has 0 unspecified atom stereocenters. The minimum atomic E-state index is 0.208. The maximum Gasteiger partial charge on any atom is 0.222 e. The number of nitrogens with two attached hydrogens (primary N) is 1. The number of benzene rings is 1. The van der Waals surface area contributed by atoms with E-state index in [1.54, 1.807) is 30.5 Å². The highest BCUT2D eigenvalue weighted by Crippen LogP contribution is 2.32. The van der Waals surface area contributed by atoms with Gasteiger partial charge in [0.15, 0.2) is 11.6 Å². The zero-order valence-corrected chi connectivity index (χ0v) is 14.7. The number of nitrogens with zero attached hydrogens (tertiary/aromatic N) is 2. The Hall–Kier alpha value is -2.05. The van der Waals surface area contributed by atoms with Gasteiger partial charge in [0.1, 0.15) is 5.75 Å². The van der Waals surface area contributed by atoms with Gasteiger partial charge in [-0.2, -0.15) is 4.98 Å². The van der Waals surface area contributed by atoms with Crippen LogP contribution in [0, 0.1) is 5.92 Å². The Labute approximate surface area is 152 Å². The van der Waals surface area contributed by atoms with E-state index in [4.69, 9.17) is 27.2 Å². The van der Waals surface area contributed by atoms with E-state index < -0.39 is 0 Å². The van der Waals surface area contributed by atoms with Crippen molar-refractivity contribution in [3.8, 4) is 11.5 Å². The number of hydrogen-bond acceptors (Lipinski definition) is 6. The number of ether oxygens (including phenoxy) is 1. The van der Waals surface area contributed by atoms with E-state index in [0.29, 0.717) is 34.3 Å². The van der Waals surface area contributed by atoms with E-state index in [0.717, 1.165) is 32.1 Å². The maximum atomic E-state index is 9.07. The molecule has 1 heterocycles. The predicted octanol–water partition coefficient (Wildman–Crippen LogP) is 3.86. The molecule has 1 fully saturated rings. The second-order valence-corrected chi connectivity index (χ2v) is 6.81. The summed E-state index contributed by atoms with van der Waals surface area (Å²) in [5, 5.41) is 13.2. The lowest BCUT2D eigenvalue weighted by Crippen LogP contribution is -2.27. The van der Waals surface area contributed by atoms with Crippen molar-refractivity contribution in [2.24, 2.45) is 5.92 Å². The molecule has 4 N–H and O–H groups in total. The Morgan fingerprint density at radius 2 is 1.92 bits per heavy atom. The van der Waals surface area contributed by atoms with Crippen molar-refractivity contribution >= 4 is 23.4 Å². The average molecular weight is 363 g/mol. The van der Waals surface area contributed by atoms with Crippen LogP contribution in [0.25, 0.3) is 0 Å². The molecular weight excluding hydrogens is 340 g/mol. The number of aromatic nitrogens is 2. The van der Waals surface area contributed by atoms with Crippen LogP contribution in [-0.2, 0) is 0 Å². The highest BCUT2D eigenvalue weighted by molar-refractivity contribution is 6.30. The molecule has 134 valence electrons. The molecular formula is C18H23ClN4O2. The van der Waals surface area contributed by atoms with Crippen LogP contribution in [-0.4, -0.2) is 27.7 Å². The first kappa shape index (κ1) is 17.8. The number of anilines is 2. The Morgan fingerprint density at radius 1 is 1.20 bits per heavy atom. The molecule has 3 rings (SSSR count). The van der Waals surface area contributed by atoms with Gasteiger partial charge in [-0.1, -0.05) is 11.6 Å². The molecule has 6 nitrogen and oxygen atoms in total. The van der Waals surface area contributed by atoms with Crippen LogP contribution in [0.1, 0.15) is 32.1 Å². The molecule has 1 aliphatic rings. The predicted molar refractivity (Wildman–Crippen MR) is 99.0 cm³/mol. The van der Waals surface area contributed by atoms with Gasteiger partial charge in [-0.25, -0.2) is 4.98 Å². The molecule has 1 aromatic carbocycles. The molecule has 0 spiro atoms. The second kappa shape index (κ2) is 8.36. The Bertz CT molecular complexity index is 688. The summed E-state index contributed by atoms with van der Waals surface area (Å²) in [5.41, 5.74) is 5.74. The second-order valence-electron chi connectivity index (χ2n) is 6.37. The number of halogens is 1. The van der Waals surface area contributed by atoms with Crippen molar-refractivity contribution in [2.75, 3.05) is 17.7 Å². The maximum absolute atomic E-state index is 9.07. The molecule has 0 bridgehead atoms. The van der Waals surface area contributed by atoms with Crippen LogP contribution in [0.15, 0.2) is 30.5 Å². The van der Waals surface area contributed by atoms with Gasteiger partial charge >= 0.3 is 0 Å². The van der Waals surface area contributed by atoms with Gasteiger partial charge in [-0.05, 0) is 62.3 Å². The fraction of sp³-hybridized carbons (Fsp3) is 0.444. The third kappa shape index (κ3) is 4.96. The number of rotatable bonds is 6. The first-order valence-electron chi connectivity index (χ1n) is 8.57. The van der Waals surface area contributed by atoms with Gasteiger partial charge in [0.05, 0.1) is 6.20 Å². The number of aliphatic hydroxyl groups is 1. The van der Waals surface area contributed by atoms with Crippen LogP contribution in [0.4, 0.5) is 11.8 Å². The Morgan fingerprint density at radius 3 is 2.60 bits per heavy atom. The number of nitrogens with one attached hydrogen (secondary N) is 1. The summed E-state index contributed by atoms with van der Waals surface area (Å²) in [6.07, 6.45) is 6.75. The molecule has 1 aliphatic carbocycles. The summed E-state index contributed by atoms with van der Waals surface area (Å²) in [4.78, 5) is 8.33. The highest BCUT2D eigenvalue weighted by Gasteiger charge is 2.22. The van der Waals surface area contributed by atoms with E-state index in [-0.39, 0.29) is 12.6 Å². The third-order valence-corrected chi connectivity index (χ3v) is 4.79. The largest absolute Gasteiger partial charge is 0.452 e. The monoisotopic (exact) mass is 362 g/mol. The highest BCUT2D eigenvalue weighted by atomic mass is 35.5. The van der Waals surface area contributed by atoms with E-state index in [9.17, 15) is 0 Å². The first-order chi connectivity index (χ1) is 12.1. The fourth-order valence-corrected chi connectivity index (χ4v) is 3.29. The van der Waals surface area contributed by atoms with Gasteiger partial charge in [0.2, 0.25) is 5.95 Å². The molecule has 7 heteroatoms. The van der Waals surface area contributed by atoms with Gasteiger partial charge in [0, 0.05) is 17.7 Å². The fourth-order valence-electron chi connectivity index (χ4n) is 3.16. The van der Waals surface area contributed by atoms with E-state index >= 15 is 0 Å². The van der Waals surface area contributed by atoms with Crippen molar-refractivity contribution in [1.82, 2.24) is 9.97 Å². The van der Waals surface area contributed by atoms with Gasteiger partial charge in [-0.15, -0.1) is 0 Å². The van der Waals surface area contributed by atoms with Crippen LogP contribution < -0.4 is 15.8 Å². The summed E-state index contributed by atoms with van der Waals surface area (Å²) in [6, 6.07) is 7.44. The summed E-state index contributed by atoms with van der Waals surface area (Å²) < 4.78 is 5.89. The van der Waals surface area contributed by atoms with Gasteiger partial charge in [0.25, 0.3) is 0 Å². The van der Waals surface area contributed by atoms with Gasteiger partial charge in [-0.3, -0.25) is 0 Å². The minimum absolute atomic E-state index is 0.208. The van der Waals surface area contributed by atoms with Crippen molar-refractivity contribution in [2.45, 2.75) is 38.1 Å². The lowest BCUT2D eigenvalue weighted by molar-refractivity contribution is 0.225. The third-order valence-electron chi connectivity index (χ3n) is 4.54. The van der Waals surface area contributed by atoms with E-state index in [2.05, 4.69) is 15.3 Å². The van der Waals surface area contributed by atoms with E-state index in [1.165, 1.54) is 0 Å². The molecule has 1 saturated carbocycles. The Kier molecular flexibility index (Phi) is 5.94. The summed E-state index contributed by atoms with van der Waals surface area (Å²) >= 11 is 5.90. The molecule has 1 aromatic heterocycles. The standard InChI is InChI=1S/C18H23ClN4O2/c19-13-3-7-15(8-4-13)25-16-11-21-18(20)23-17(16)22-14-5-1-12(2-6-14)9-10-24/h3-4,7-8,11-12,14,24H,1-2,5-6,9-10H2,(H3,20,21,22,23)/t12-,14+. The molecule has 2 aromatic rings. The van der Waals surface area contributed by atoms with E-state index in [1.807, 2.05) is 0 Å². The van der Waals surface area contributed by atoms with Crippen molar-refractivity contribution in [3.63, 3.8) is 0 Å². The topological polar surface area (TPSA) is 93.3 Å². The van der Waals surface area contributed by atoms with Crippen LogP contribution in [0.5, 0.6) is 11.5 Å². The normalized spacial score (nSPS) is 20.2. The zero-order chi connectivity index (χ0) is 17.6. The molecule has 0 saturated heterocycles. The molecule has 25 heavy (non-hydrogen) atoms. The van der Waals surface area contributed by atoms with Crippen molar-refractivity contribution in [3.05, 3.63) is 35.5 Å². The summed E-state index contributed by atoms with van der Waals surface area (Å²) in [5.74, 6) is 2.62. The van der Waals surface area contributed by atoms with Crippen LogP contribution >= 0.6 is 11.6 Å². The van der Waals surface area contributed by atoms with Crippen molar-refractivity contribution in [1.29, 1.82) is 0 Å². The quantitative estimate of drug-likeness (QED) is 0.722. The molecule has 0 atom stereocenters. The van der Waals surface area contributed by atoms with Crippen LogP contribution in [0.3, 0.4) is 0 Å². The summed E-state index contributed by atoms with van der Waals surface area (Å²) in [7, 11) is 0. The number of nitrogen functional groups attached to an aromatic ring is 1. The lowest BCUT2D eigenvalue weighted by Gasteiger charge is -2.29. The minimum Gasteiger partial charge on any atom is -0.452 e. The average Bonchev–Trinajstić information content (AvgIpc) is 2.61. The smallest absolute Gasteiger partial charge is 0.222 e. The number of aliphatic hydroxyl groups excluding tert-OH is 1. The number of hydrogen-bond donors (Lipinski definition) is 3. The SMILES string of the molecule is Nc1ncc(Oc2ccc(Cl)cc2)c(N[C@H]2CC[C@@H](CCO)CC2)n1. The lowest BCUT2D eigenvalue weighted by atomic mass is 9.84. The van der Waals surface area contributed by atoms with Crippen LogP contribution in [0.2, 0.25) is 5.02 Å². The first-order valence-corrected chi connectivity index (χ1v) is 8.95. The van der Waals surface area contributed by atoms with Gasteiger partial charge < -0.3 is 20.9 Å². The molecule has 0 aliphatic heterocycles. The molecule has 0 amide bonds. The Balaban J connectivity index is 1.68. The zero-order valence-electron chi connectivity index (χ0n) is 14.0.